The first-order chi connectivity index (χ1) is 24.6. The van der Waals surface area contributed by atoms with Crippen molar-refractivity contribution in [3.8, 4) is 23.0 Å². The minimum absolute atomic E-state index is 0.0394. The summed E-state index contributed by atoms with van der Waals surface area (Å²) in [5.74, 6) is -0.901. The molecule has 0 amide bonds. The number of aromatic hydroxyl groups is 2. The highest BCUT2D eigenvalue weighted by Crippen LogP contribution is 2.42. The van der Waals surface area contributed by atoms with Crippen LogP contribution in [0.2, 0.25) is 0 Å². The zero-order valence-corrected chi connectivity index (χ0v) is 29.3. The lowest BCUT2D eigenvalue weighted by Gasteiger charge is -2.45. The van der Waals surface area contributed by atoms with Gasteiger partial charge in [0.05, 0.1) is 25.7 Å². The van der Waals surface area contributed by atoms with E-state index < -0.39 is 85.8 Å². The molecule has 0 bridgehead atoms. The first-order valence-electron chi connectivity index (χ1n) is 16.7. The Morgan fingerprint density at radius 3 is 1.98 bits per heavy atom. The number of phenolic OH excluding ortho intramolecular Hbond substituents is 2. The Kier molecular flexibility index (Phi) is 12.2. The summed E-state index contributed by atoms with van der Waals surface area (Å²) in [5, 5.41) is 94.9. The third kappa shape index (κ3) is 7.49. The molecule has 9 N–H and O–H groups in total. The fraction of sp³-hybridized carbons (Fsp3) is 0.528. The maximum Gasteiger partial charge on any atom is 0.229 e. The number of allylic oxidation sites excluding steroid dienone is 4. The van der Waals surface area contributed by atoms with Gasteiger partial charge in [0.1, 0.15) is 65.7 Å². The fourth-order valence-corrected chi connectivity index (χ4v) is 6.24. The molecule has 3 aromatic rings. The van der Waals surface area contributed by atoms with Crippen molar-refractivity contribution in [1.82, 2.24) is 0 Å². The normalized spacial score (nSPS) is 29.2. The molecule has 16 heteroatoms. The number of aliphatic hydroxyl groups is 7. The smallest absolute Gasteiger partial charge is 0.229 e. The van der Waals surface area contributed by atoms with Crippen LogP contribution in [0.3, 0.4) is 0 Å². The zero-order valence-electron chi connectivity index (χ0n) is 29.3. The summed E-state index contributed by atoms with van der Waals surface area (Å²) in [7, 11) is 1.38. The van der Waals surface area contributed by atoms with Crippen LogP contribution in [-0.4, -0.2) is 128 Å². The van der Waals surface area contributed by atoms with E-state index in [-0.39, 0.29) is 57.6 Å². The molecule has 0 saturated carbocycles. The first-order valence-corrected chi connectivity index (χ1v) is 16.7. The molecule has 286 valence electrons. The summed E-state index contributed by atoms with van der Waals surface area (Å²) in [6, 6.07) is 2.68. The Labute approximate surface area is 297 Å². The van der Waals surface area contributed by atoms with Gasteiger partial charge in [-0.05, 0) is 46.6 Å². The molecule has 2 aromatic carbocycles. The van der Waals surface area contributed by atoms with Crippen molar-refractivity contribution < 1.29 is 74.1 Å². The average Bonchev–Trinajstić information content (AvgIpc) is 3.10. The number of ether oxygens (including phenoxy) is 5. The van der Waals surface area contributed by atoms with Gasteiger partial charge >= 0.3 is 0 Å². The lowest BCUT2D eigenvalue weighted by Crippen LogP contribution is -2.65. The summed E-state index contributed by atoms with van der Waals surface area (Å²) in [6.07, 6.45) is -13.0. The van der Waals surface area contributed by atoms with Crippen LogP contribution in [0.25, 0.3) is 21.9 Å². The highest BCUT2D eigenvalue weighted by molar-refractivity contribution is 6.00. The Bertz CT molecular complexity index is 1870. The summed E-state index contributed by atoms with van der Waals surface area (Å²) in [5.41, 5.74) is 1.35. The maximum atomic E-state index is 14.4. The lowest BCUT2D eigenvalue weighted by molar-refractivity contribution is -0.352. The lowest BCUT2D eigenvalue weighted by atomic mass is 9.96. The molecule has 0 radical (unpaired) electrons. The molecule has 0 aliphatic carbocycles. The van der Waals surface area contributed by atoms with E-state index in [0.29, 0.717) is 5.56 Å². The van der Waals surface area contributed by atoms with E-state index >= 15 is 0 Å². The molecule has 0 spiro atoms. The minimum Gasteiger partial charge on any atom is -0.507 e. The number of methoxy groups -OCH3 is 1. The van der Waals surface area contributed by atoms with Gasteiger partial charge in [0.15, 0.2) is 29.0 Å². The van der Waals surface area contributed by atoms with Crippen molar-refractivity contribution >= 4 is 21.9 Å². The minimum atomic E-state index is -1.91. The van der Waals surface area contributed by atoms with Gasteiger partial charge in [0, 0.05) is 17.2 Å². The highest BCUT2D eigenvalue weighted by Gasteiger charge is 2.51. The van der Waals surface area contributed by atoms with Crippen molar-refractivity contribution in [2.45, 2.75) is 102 Å². The quantitative estimate of drug-likeness (QED) is 0.0953. The molecular formula is C36H46O16. The predicted molar refractivity (Wildman–Crippen MR) is 183 cm³/mol. The van der Waals surface area contributed by atoms with Gasteiger partial charge in [-0.15, -0.1) is 0 Å². The zero-order chi connectivity index (χ0) is 38.2. The highest BCUT2D eigenvalue weighted by atomic mass is 16.7. The molecule has 2 saturated heterocycles. The van der Waals surface area contributed by atoms with Crippen LogP contribution in [0.15, 0.2) is 44.6 Å². The van der Waals surface area contributed by atoms with Crippen molar-refractivity contribution in [1.29, 1.82) is 0 Å². The van der Waals surface area contributed by atoms with E-state index in [1.54, 1.807) is 12.1 Å². The maximum absolute atomic E-state index is 14.4. The van der Waals surface area contributed by atoms with Crippen LogP contribution >= 0.6 is 0 Å². The van der Waals surface area contributed by atoms with E-state index in [9.17, 15) is 50.8 Å². The van der Waals surface area contributed by atoms with E-state index in [0.717, 1.165) is 17.2 Å². The van der Waals surface area contributed by atoms with Crippen LogP contribution in [0.4, 0.5) is 0 Å². The molecule has 0 unspecified atom stereocenters. The van der Waals surface area contributed by atoms with Gasteiger partial charge in [-0.1, -0.05) is 23.3 Å². The van der Waals surface area contributed by atoms with Crippen LogP contribution < -0.4 is 14.9 Å². The molecule has 10 atom stereocenters. The van der Waals surface area contributed by atoms with Gasteiger partial charge in [-0.3, -0.25) is 4.79 Å². The van der Waals surface area contributed by atoms with Crippen LogP contribution in [0.5, 0.6) is 23.0 Å². The summed E-state index contributed by atoms with van der Waals surface area (Å²) in [4.78, 5) is 14.4. The number of phenols is 2. The standard InChI is InChI=1S/C36H46O16/c1-14(2)6-8-16-10-20(47-5)33-24(25(16)40)27(42)23-17(9-7-15(3)4)19(11-18(39)32(23)51-33)48-35-31(46)29(44)34(22(13-38)50-35)52-36-30(45)28(43)26(41)21(12-37)49-36/h6-7,10-11,21-22,26,28-31,34-41,43-46H,8-9,12-13H2,1-5H3/t21-,22-,26-,28+,29+,30-,31-,34-,35-,36-/m1/s1. The molecule has 1 aromatic heterocycles. The predicted octanol–water partition coefficient (Wildman–Crippen LogP) is 0.386. The Hall–Kier alpha value is -3.81. The topological polar surface area (TPSA) is 258 Å². The van der Waals surface area contributed by atoms with Gasteiger partial charge in [-0.2, -0.15) is 0 Å². The Morgan fingerprint density at radius 2 is 1.37 bits per heavy atom. The number of hydrogen-bond acceptors (Lipinski definition) is 16. The third-order valence-electron chi connectivity index (χ3n) is 9.15. The van der Waals surface area contributed by atoms with Crippen molar-refractivity contribution in [2.75, 3.05) is 20.3 Å². The second kappa shape index (κ2) is 16.1. The second-order valence-corrected chi connectivity index (χ2v) is 13.4. The largest absolute Gasteiger partial charge is 0.507 e. The van der Waals surface area contributed by atoms with E-state index in [1.165, 1.54) is 7.11 Å². The monoisotopic (exact) mass is 734 g/mol. The van der Waals surface area contributed by atoms with Crippen LogP contribution in [0.1, 0.15) is 38.8 Å². The Morgan fingerprint density at radius 1 is 0.750 bits per heavy atom. The van der Waals surface area contributed by atoms with Gasteiger partial charge in [0.25, 0.3) is 0 Å². The molecule has 52 heavy (non-hydrogen) atoms. The third-order valence-corrected chi connectivity index (χ3v) is 9.15. The van der Waals surface area contributed by atoms with Gasteiger partial charge in [-0.25, -0.2) is 0 Å². The van der Waals surface area contributed by atoms with Crippen molar-refractivity contribution in [3.05, 3.63) is 56.8 Å². The first kappa shape index (κ1) is 39.4. The summed E-state index contributed by atoms with van der Waals surface area (Å²) < 4.78 is 34.3. The molecule has 3 heterocycles. The van der Waals surface area contributed by atoms with Crippen molar-refractivity contribution in [3.63, 3.8) is 0 Å². The number of rotatable bonds is 11. The van der Waals surface area contributed by atoms with Crippen LogP contribution in [-0.2, 0) is 27.1 Å². The van der Waals surface area contributed by atoms with Crippen molar-refractivity contribution in [2.24, 2.45) is 0 Å². The van der Waals surface area contributed by atoms with Crippen LogP contribution in [0, 0.1) is 0 Å². The van der Waals surface area contributed by atoms with E-state index in [1.807, 2.05) is 33.8 Å². The SMILES string of the molecule is COc1cc(CC=C(C)C)c(O)c2c(=O)c3c(CC=C(C)C)c(O[C@@H]4O[C@H](CO)[C@@H](O[C@H]5O[C@H](CO)[C@@H](O)[C@H](O)[C@H]5O)[C@@H](O)[C@H]4O)cc(O)c3oc12. The van der Waals surface area contributed by atoms with Gasteiger partial charge in [0.2, 0.25) is 11.7 Å². The second-order valence-electron chi connectivity index (χ2n) is 13.4. The Balaban J connectivity index is 1.57. The average molecular weight is 735 g/mol. The molecule has 16 nitrogen and oxygen atoms in total. The molecule has 2 aliphatic heterocycles. The summed E-state index contributed by atoms with van der Waals surface area (Å²) >= 11 is 0. The van der Waals surface area contributed by atoms with E-state index in [4.69, 9.17) is 28.1 Å². The number of aliphatic hydroxyl groups excluding tert-OH is 7. The van der Waals surface area contributed by atoms with E-state index in [2.05, 4.69) is 0 Å². The molecular weight excluding hydrogens is 688 g/mol. The van der Waals surface area contributed by atoms with Gasteiger partial charge < -0.3 is 74.1 Å². The number of benzene rings is 2. The number of hydrogen-bond donors (Lipinski definition) is 9. The fourth-order valence-electron chi connectivity index (χ4n) is 6.24. The molecule has 2 aliphatic rings. The summed E-state index contributed by atoms with van der Waals surface area (Å²) in [6.45, 7) is 5.85. The number of fused-ring (bicyclic) bond motifs is 2. The molecule has 5 rings (SSSR count). The molecule has 2 fully saturated rings.